The second-order valence-corrected chi connectivity index (χ2v) is 2.75. The quantitative estimate of drug-likeness (QED) is 0.554. The van der Waals surface area contributed by atoms with Gasteiger partial charge in [0.05, 0.1) is 18.0 Å². The van der Waals surface area contributed by atoms with Gasteiger partial charge in [-0.3, -0.25) is 0 Å². The van der Waals surface area contributed by atoms with Crippen molar-refractivity contribution in [2.24, 2.45) is 4.99 Å². The number of aromatic nitrogens is 1. The fraction of sp³-hybridized carbons (Fsp3) is 0.125. The minimum Gasteiger partial charge on any atom is -0.383 e. The van der Waals surface area contributed by atoms with Crippen molar-refractivity contribution in [1.82, 2.24) is 10.3 Å². The van der Waals surface area contributed by atoms with Gasteiger partial charge in [0.2, 0.25) is 0 Å². The van der Waals surface area contributed by atoms with Crippen molar-refractivity contribution >= 4 is 11.4 Å². The lowest BCUT2D eigenvalue weighted by Gasteiger charge is -2.03. The Morgan fingerprint density at radius 2 is 2.18 bits per heavy atom. The maximum atomic E-state index is 4.42. The lowest BCUT2D eigenvalue weighted by molar-refractivity contribution is 1.01. The van der Waals surface area contributed by atoms with Crippen molar-refractivity contribution in [2.75, 3.05) is 6.54 Å². The molecule has 2 bridgehead atoms. The normalized spacial score (nSPS) is 18.5. The highest BCUT2D eigenvalue weighted by Gasteiger charge is 2.22. The van der Waals surface area contributed by atoms with Gasteiger partial charge in [-0.15, -0.1) is 0 Å². The molecule has 2 N–H and O–H groups in total. The summed E-state index contributed by atoms with van der Waals surface area (Å²) in [5, 5.41) is 3.17. The first-order valence-corrected chi connectivity index (χ1v) is 3.64. The largest absolute Gasteiger partial charge is 0.383 e. The van der Waals surface area contributed by atoms with Gasteiger partial charge in [-0.05, 0) is 0 Å². The van der Waals surface area contributed by atoms with E-state index in [4.69, 9.17) is 0 Å². The van der Waals surface area contributed by atoms with Crippen LogP contribution in [0.2, 0.25) is 0 Å². The predicted molar refractivity (Wildman–Crippen MR) is 43.3 cm³/mol. The number of aromatic amines is 1. The number of nitrogens with zero attached hydrogens (tertiary/aromatic N) is 1. The maximum absolute atomic E-state index is 4.42. The molecule has 0 spiro atoms. The first-order chi connectivity index (χ1) is 5.45. The van der Waals surface area contributed by atoms with E-state index < -0.39 is 0 Å². The summed E-state index contributed by atoms with van der Waals surface area (Å²) >= 11 is 0. The van der Waals surface area contributed by atoms with E-state index in [1.807, 2.05) is 18.6 Å². The zero-order chi connectivity index (χ0) is 7.26. The Kier molecular flexibility index (Phi) is 0.733. The van der Waals surface area contributed by atoms with E-state index >= 15 is 0 Å². The van der Waals surface area contributed by atoms with Gasteiger partial charge in [0.1, 0.15) is 0 Å². The van der Waals surface area contributed by atoms with Gasteiger partial charge in [0, 0.05) is 29.7 Å². The van der Waals surface area contributed by atoms with Crippen LogP contribution in [0.4, 0.5) is 0 Å². The van der Waals surface area contributed by atoms with E-state index in [1.54, 1.807) is 0 Å². The van der Waals surface area contributed by atoms with E-state index in [0.717, 1.165) is 18.0 Å². The average Bonchev–Trinajstić information content (AvgIpc) is 2.58. The molecule has 2 aliphatic heterocycles. The van der Waals surface area contributed by atoms with Crippen LogP contribution in [0, 0.1) is 0 Å². The van der Waals surface area contributed by atoms with Crippen molar-refractivity contribution in [3.63, 3.8) is 0 Å². The third-order valence-electron chi connectivity index (χ3n) is 2.10. The average molecular weight is 145 g/mol. The fourth-order valence-electron chi connectivity index (χ4n) is 1.57. The summed E-state index contributed by atoms with van der Waals surface area (Å²) in [5.74, 6) is 0. The number of hydrogen-bond acceptors (Lipinski definition) is 2. The summed E-state index contributed by atoms with van der Waals surface area (Å²) in [6, 6.07) is 0. The summed E-state index contributed by atoms with van der Waals surface area (Å²) in [6.45, 7) is 0.856. The molecule has 11 heavy (non-hydrogen) atoms. The molecule has 3 nitrogen and oxygen atoms in total. The first-order valence-electron chi connectivity index (χ1n) is 3.64. The second-order valence-electron chi connectivity index (χ2n) is 2.75. The van der Waals surface area contributed by atoms with Crippen LogP contribution in [0.5, 0.6) is 0 Å². The number of hydrogen-bond donors (Lipinski definition) is 2. The van der Waals surface area contributed by atoms with Gasteiger partial charge in [-0.25, -0.2) is 4.99 Å². The smallest absolute Gasteiger partial charge is 0.0884 e. The number of rotatable bonds is 0. The Morgan fingerprint density at radius 3 is 3.18 bits per heavy atom. The number of H-pyrrole nitrogens is 1. The van der Waals surface area contributed by atoms with Crippen molar-refractivity contribution in [3.8, 4) is 0 Å². The van der Waals surface area contributed by atoms with Crippen LogP contribution in [0.1, 0.15) is 11.1 Å². The van der Waals surface area contributed by atoms with Crippen molar-refractivity contribution in [2.45, 2.75) is 0 Å². The molecule has 0 radical (unpaired) electrons. The zero-order valence-corrected chi connectivity index (χ0v) is 5.89. The Bertz CT molecular complexity index is 370. The molecule has 3 heteroatoms. The molecule has 0 aliphatic carbocycles. The molecule has 0 aromatic carbocycles. The first kappa shape index (κ1) is 5.18. The minimum absolute atomic E-state index is 0.856. The molecule has 0 fully saturated rings. The van der Waals surface area contributed by atoms with Gasteiger partial charge in [0.15, 0.2) is 0 Å². The van der Waals surface area contributed by atoms with Gasteiger partial charge in [-0.1, -0.05) is 0 Å². The number of fused-ring (bicyclic) bond motifs is 4. The molecule has 3 heterocycles. The van der Waals surface area contributed by atoms with E-state index in [0.29, 0.717) is 0 Å². The molecule has 3 rings (SSSR count). The van der Waals surface area contributed by atoms with Crippen LogP contribution >= 0.6 is 0 Å². The molecule has 0 atom stereocenters. The van der Waals surface area contributed by atoms with Crippen molar-refractivity contribution in [1.29, 1.82) is 0 Å². The monoisotopic (exact) mass is 145 g/mol. The second kappa shape index (κ2) is 1.56. The number of aliphatic imine (C=N–C) groups is 1. The highest BCUT2D eigenvalue weighted by atomic mass is 15.0. The van der Waals surface area contributed by atoms with Gasteiger partial charge in [-0.2, -0.15) is 0 Å². The van der Waals surface area contributed by atoms with Crippen LogP contribution in [-0.2, 0) is 0 Å². The highest BCUT2D eigenvalue weighted by molar-refractivity contribution is 6.13. The third kappa shape index (κ3) is 0.510. The summed E-state index contributed by atoms with van der Waals surface area (Å²) in [7, 11) is 0. The Morgan fingerprint density at radius 1 is 1.27 bits per heavy atom. The Balaban J connectivity index is 2.36. The van der Waals surface area contributed by atoms with E-state index in [1.165, 1.54) is 11.1 Å². The van der Waals surface area contributed by atoms with Gasteiger partial charge >= 0.3 is 0 Å². The molecule has 0 saturated carbocycles. The SMILES string of the molecule is C1=C2N=C(CN1)c1c[nH]cc12. The van der Waals surface area contributed by atoms with Crippen molar-refractivity contribution < 1.29 is 0 Å². The molecule has 2 aliphatic rings. The standard InChI is InChI=1S/C8H7N3/c1-5-6(2-9-1)8-4-10-3-7(5)11-8/h1-3,9-10H,4H2. The molecule has 0 unspecified atom stereocenters. The van der Waals surface area contributed by atoms with Crippen LogP contribution in [0.15, 0.2) is 23.6 Å². The lowest BCUT2D eigenvalue weighted by Crippen LogP contribution is -2.18. The van der Waals surface area contributed by atoms with Gasteiger partial charge < -0.3 is 10.3 Å². The van der Waals surface area contributed by atoms with Crippen LogP contribution in [0.3, 0.4) is 0 Å². The third-order valence-corrected chi connectivity index (χ3v) is 2.10. The molecule has 0 amide bonds. The summed E-state index contributed by atoms with van der Waals surface area (Å²) in [5.41, 5.74) is 4.69. The maximum Gasteiger partial charge on any atom is 0.0884 e. The Hall–Kier alpha value is -1.51. The molecule has 0 saturated heterocycles. The lowest BCUT2D eigenvalue weighted by atomic mass is 10.1. The summed E-state index contributed by atoms with van der Waals surface area (Å²) < 4.78 is 0. The highest BCUT2D eigenvalue weighted by Crippen LogP contribution is 2.29. The minimum atomic E-state index is 0.856. The van der Waals surface area contributed by atoms with E-state index in [-0.39, 0.29) is 0 Å². The summed E-state index contributed by atoms with van der Waals surface area (Å²) in [6.07, 6.45) is 5.95. The van der Waals surface area contributed by atoms with Crippen LogP contribution < -0.4 is 5.32 Å². The van der Waals surface area contributed by atoms with Crippen LogP contribution in [-0.4, -0.2) is 17.2 Å². The molecule has 1 aromatic rings. The van der Waals surface area contributed by atoms with E-state index in [2.05, 4.69) is 15.3 Å². The molecular weight excluding hydrogens is 138 g/mol. The fourth-order valence-corrected chi connectivity index (χ4v) is 1.57. The summed E-state index contributed by atoms with van der Waals surface area (Å²) in [4.78, 5) is 7.50. The topological polar surface area (TPSA) is 40.2 Å². The molecule has 1 aromatic heterocycles. The van der Waals surface area contributed by atoms with Crippen molar-refractivity contribution in [3.05, 3.63) is 29.7 Å². The van der Waals surface area contributed by atoms with E-state index in [9.17, 15) is 0 Å². The Labute approximate surface area is 63.8 Å². The number of nitrogens with one attached hydrogen (secondary N) is 2. The van der Waals surface area contributed by atoms with Gasteiger partial charge in [0.25, 0.3) is 0 Å². The zero-order valence-electron chi connectivity index (χ0n) is 5.89. The molecular formula is C8H7N3. The van der Waals surface area contributed by atoms with Crippen LogP contribution in [0.25, 0.3) is 5.70 Å². The molecule has 54 valence electrons. The predicted octanol–water partition coefficient (Wildman–Crippen LogP) is 0.719.